The molecular formula is C10H16N4. The summed E-state index contributed by atoms with van der Waals surface area (Å²) in [7, 11) is 1.91. The second-order valence-electron chi connectivity index (χ2n) is 3.83. The molecule has 1 heterocycles. The van der Waals surface area contributed by atoms with Crippen molar-refractivity contribution in [3.63, 3.8) is 0 Å². The number of hydrogen-bond acceptors (Lipinski definition) is 3. The highest BCUT2D eigenvalue weighted by Crippen LogP contribution is 2.17. The summed E-state index contributed by atoms with van der Waals surface area (Å²) in [5.74, 6) is 0.560. The van der Waals surface area contributed by atoms with E-state index in [1.165, 1.54) is 0 Å². The fourth-order valence-electron chi connectivity index (χ4n) is 1.72. The van der Waals surface area contributed by atoms with Crippen LogP contribution in [0.2, 0.25) is 0 Å². The molecule has 1 aliphatic carbocycles. The van der Waals surface area contributed by atoms with Gasteiger partial charge in [-0.25, -0.2) is 0 Å². The van der Waals surface area contributed by atoms with Gasteiger partial charge in [-0.05, 0) is 12.3 Å². The second kappa shape index (κ2) is 3.84. The molecule has 14 heavy (non-hydrogen) atoms. The molecule has 0 saturated carbocycles. The minimum Gasteiger partial charge on any atom is -0.382 e. The molecule has 0 bridgehead atoms. The van der Waals surface area contributed by atoms with Gasteiger partial charge in [0.1, 0.15) is 0 Å². The lowest BCUT2D eigenvalue weighted by atomic mass is 10.1. The molecule has 1 aliphatic rings. The Hall–Kier alpha value is -1.29. The topological polar surface area (TPSA) is 55.9 Å². The number of anilines is 1. The van der Waals surface area contributed by atoms with Crippen LogP contribution in [-0.4, -0.2) is 22.4 Å². The quantitative estimate of drug-likeness (QED) is 0.694. The molecule has 4 heteroatoms. The molecular weight excluding hydrogens is 176 g/mol. The van der Waals surface area contributed by atoms with Crippen LogP contribution in [0.1, 0.15) is 6.42 Å². The SMILES string of the molecule is Cn1cc(NCC2C=CC(N)C2)cn1. The van der Waals surface area contributed by atoms with Gasteiger partial charge in [0, 0.05) is 25.8 Å². The summed E-state index contributed by atoms with van der Waals surface area (Å²) in [5.41, 5.74) is 6.84. The second-order valence-corrected chi connectivity index (χ2v) is 3.83. The van der Waals surface area contributed by atoms with Crippen molar-refractivity contribution in [1.82, 2.24) is 9.78 Å². The van der Waals surface area contributed by atoms with Gasteiger partial charge in [-0.3, -0.25) is 4.68 Å². The van der Waals surface area contributed by atoms with Gasteiger partial charge in [0.2, 0.25) is 0 Å². The van der Waals surface area contributed by atoms with Gasteiger partial charge in [0.05, 0.1) is 11.9 Å². The molecule has 0 spiro atoms. The maximum Gasteiger partial charge on any atom is 0.0726 e. The highest BCUT2D eigenvalue weighted by molar-refractivity contribution is 5.38. The predicted molar refractivity (Wildman–Crippen MR) is 56.9 cm³/mol. The number of aryl methyl sites for hydroxylation is 1. The zero-order valence-electron chi connectivity index (χ0n) is 8.35. The molecule has 3 N–H and O–H groups in total. The summed E-state index contributed by atoms with van der Waals surface area (Å²) in [6.07, 6.45) is 9.12. The van der Waals surface area contributed by atoms with Gasteiger partial charge in [-0.1, -0.05) is 12.2 Å². The minimum atomic E-state index is 0.246. The summed E-state index contributed by atoms with van der Waals surface area (Å²) in [6, 6.07) is 0.246. The van der Waals surface area contributed by atoms with Crippen molar-refractivity contribution in [2.75, 3.05) is 11.9 Å². The Balaban J connectivity index is 1.81. The first-order valence-corrected chi connectivity index (χ1v) is 4.90. The Morgan fingerprint density at radius 3 is 3.07 bits per heavy atom. The van der Waals surface area contributed by atoms with E-state index < -0.39 is 0 Å². The van der Waals surface area contributed by atoms with E-state index in [0.29, 0.717) is 5.92 Å². The molecule has 2 unspecified atom stereocenters. The maximum atomic E-state index is 5.77. The highest BCUT2D eigenvalue weighted by Gasteiger charge is 2.14. The largest absolute Gasteiger partial charge is 0.382 e. The van der Waals surface area contributed by atoms with E-state index in [1.54, 1.807) is 4.68 Å². The number of nitrogens with two attached hydrogens (primary N) is 1. The van der Waals surface area contributed by atoms with Crippen molar-refractivity contribution < 1.29 is 0 Å². The molecule has 1 aromatic heterocycles. The Morgan fingerprint density at radius 1 is 1.64 bits per heavy atom. The predicted octanol–water partition coefficient (Wildman–Crippen LogP) is 0.735. The molecule has 1 aromatic rings. The molecule has 0 saturated heterocycles. The zero-order chi connectivity index (χ0) is 9.97. The first kappa shape index (κ1) is 9.27. The Labute approximate surface area is 83.8 Å². The molecule has 4 nitrogen and oxygen atoms in total. The lowest BCUT2D eigenvalue weighted by molar-refractivity contribution is 0.615. The summed E-state index contributed by atoms with van der Waals surface area (Å²) in [4.78, 5) is 0. The van der Waals surface area contributed by atoms with Crippen LogP contribution in [0.5, 0.6) is 0 Å². The average molecular weight is 192 g/mol. The van der Waals surface area contributed by atoms with Gasteiger partial charge in [0.25, 0.3) is 0 Å². The standard InChI is InChI=1S/C10H16N4/c1-14-7-10(6-13-14)12-5-8-2-3-9(11)4-8/h2-3,6-9,12H,4-5,11H2,1H3. The molecule has 0 radical (unpaired) electrons. The molecule has 0 aliphatic heterocycles. The lowest BCUT2D eigenvalue weighted by Gasteiger charge is -2.09. The van der Waals surface area contributed by atoms with Crippen LogP contribution in [0, 0.1) is 5.92 Å². The van der Waals surface area contributed by atoms with Crippen LogP contribution in [0.3, 0.4) is 0 Å². The van der Waals surface area contributed by atoms with Gasteiger partial charge >= 0.3 is 0 Å². The van der Waals surface area contributed by atoms with Gasteiger partial charge in [-0.15, -0.1) is 0 Å². The van der Waals surface area contributed by atoms with Crippen LogP contribution >= 0.6 is 0 Å². The average Bonchev–Trinajstić information content (AvgIpc) is 2.72. The fourth-order valence-corrected chi connectivity index (χ4v) is 1.72. The summed E-state index contributed by atoms with van der Waals surface area (Å²) >= 11 is 0. The Morgan fingerprint density at radius 2 is 2.50 bits per heavy atom. The summed E-state index contributed by atoms with van der Waals surface area (Å²) in [5, 5.41) is 7.43. The van der Waals surface area contributed by atoms with E-state index in [9.17, 15) is 0 Å². The van der Waals surface area contributed by atoms with Crippen LogP contribution in [-0.2, 0) is 7.05 Å². The smallest absolute Gasteiger partial charge is 0.0726 e. The zero-order valence-corrected chi connectivity index (χ0v) is 8.35. The van der Waals surface area contributed by atoms with Crippen LogP contribution in [0.15, 0.2) is 24.5 Å². The first-order valence-electron chi connectivity index (χ1n) is 4.90. The normalized spacial score (nSPS) is 25.6. The maximum absolute atomic E-state index is 5.77. The van der Waals surface area contributed by atoms with Crippen molar-refractivity contribution in [2.24, 2.45) is 18.7 Å². The Bertz CT molecular complexity index is 329. The van der Waals surface area contributed by atoms with Crippen molar-refractivity contribution in [1.29, 1.82) is 0 Å². The molecule has 0 amide bonds. The number of hydrogen-bond donors (Lipinski definition) is 2. The first-order chi connectivity index (χ1) is 6.74. The van der Waals surface area contributed by atoms with E-state index in [1.807, 2.05) is 19.4 Å². The van der Waals surface area contributed by atoms with E-state index in [4.69, 9.17) is 5.73 Å². The fraction of sp³-hybridized carbons (Fsp3) is 0.500. The van der Waals surface area contributed by atoms with Crippen LogP contribution in [0.4, 0.5) is 5.69 Å². The minimum absolute atomic E-state index is 0.246. The van der Waals surface area contributed by atoms with Gasteiger partial charge < -0.3 is 11.1 Å². The number of rotatable bonds is 3. The van der Waals surface area contributed by atoms with E-state index in [-0.39, 0.29) is 6.04 Å². The van der Waals surface area contributed by atoms with Crippen molar-refractivity contribution >= 4 is 5.69 Å². The third-order valence-corrected chi connectivity index (χ3v) is 2.48. The molecule has 76 valence electrons. The van der Waals surface area contributed by atoms with Crippen molar-refractivity contribution in [3.05, 3.63) is 24.5 Å². The molecule has 2 atom stereocenters. The van der Waals surface area contributed by atoms with Crippen LogP contribution < -0.4 is 11.1 Å². The lowest BCUT2D eigenvalue weighted by Crippen LogP contribution is -2.18. The number of nitrogens with zero attached hydrogens (tertiary/aromatic N) is 2. The molecule has 0 fully saturated rings. The number of nitrogens with one attached hydrogen (secondary N) is 1. The van der Waals surface area contributed by atoms with Crippen molar-refractivity contribution in [3.8, 4) is 0 Å². The third kappa shape index (κ3) is 2.14. The highest BCUT2D eigenvalue weighted by atomic mass is 15.3. The third-order valence-electron chi connectivity index (χ3n) is 2.48. The van der Waals surface area contributed by atoms with Crippen LogP contribution in [0.25, 0.3) is 0 Å². The number of aromatic nitrogens is 2. The van der Waals surface area contributed by atoms with E-state index >= 15 is 0 Å². The summed E-state index contributed by atoms with van der Waals surface area (Å²) in [6.45, 7) is 0.940. The van der Waals surface area contributed by atoms with E-state index in [0.717, 1.165) is 18.7 Å². The van der Waals surface area contributed by atoms with Crippen molar-refractivity contribution in [2.45, 2.75) is 12.5 Å². The monoisotopic (exact) mass is 192 g/mol. The molecule has 0 aromatic carbocycles. The Kier molecular flexibility index (Phi) is 2.54. The molecule has 2 rings (SSSR count). The van der Waals surface area contributed by atoms with Gasteiger partial charge in [-0.2, -0.15) is 5.10 Å². The van der Waals surface area contributed by atoms with Gasteiger partial charge in [0.15, 0.2) is 0 Å². The van der Waals surface area contributed by atoms with E-state index in [2.05, 4.69) is 22.6 Å². The summed E-state index contributed by atoms with van der Waals surface area (Å²) < 4.78 is 1.79.